The third-order valence-electron chi connectivity index (χ3n) is 5.21. The van der Waals surface area contributed by atoms with Gasteiger partial charge >= 0.3 is 17.8 Å². The highest BCUT2D eigenvalue weighted by Crippen LogP contribution is 2.21. The van der Waals surface area contributed by atoms with Crippen molar-refractivity contribution in [3.63, 3.8) is 0 Å². The van der Waals surface area contributed by atoms with Gasteiger partial charge in [0, 0.05) is 38.4 Å². The number of anilines is 1. The second kappa shape index (κ2) is 10.00. The summed E-state index contributed by atoms with van der Waals surface area (Å²) in [6.45, 7) is 3.98. The fraction of sp³-hybridized carbons (Fsp3) is 0.318. The molecular weight excluding hydrogens is 384 g/mol. The number of hydrogen-bond donors (Lipinski definition) is 3. The SMILES string of the molecule is CN1CCN(C(CNC(=O)C(=O)Nc2ccc(C(=O)O)cc2)c2ccccc2)CC1. The standard InChI is InChI=1S/C22H26N4O4/c1-25-11-13-26(14-12-25)19(16-5-3-2-4-6-16)15-23-20(27)21(28)24-18-9-7-17(8-10-18)22(29)30/h2-10,19H,11-15H2,1H3,(H,23,27)(H,24,28)(H,29,30). The number of likely N-dealkylation sites (N-methyl/N-ethyl adjacent to an activating group) is 1. The molecule has 30 heavy (non-hydrogen) atoms. The number of carbonyl (C=O) groups excluding carboxylic acids is 2. The number of amides is 2. The van der Waals surface area contributed by atoms with Gasteiger partial charge in [0.1, 0.15) is 0 Å². The van der Waals surface area contributed by atoms with Crippen molar-refractivity contribution in [2.75, 3.05) is 45.1 Å². The van der Waals surface area contributed by atoms with E-state index in [1.807, 2.05) is 30.3 Å². The van der Waals surface area contributed by atoms with Gasteiger partial charge in [-0.2, -0.15) is 0 Å². The minimum absolute atomic E-state index is 0.0218. The van der Waals surface area contributed by atoms with Crippen molar-refractivity contribution < 1.29 is 19.5 Å². The minimum atomic E-state index is -1.05. The molecule has 3 rings (SSSR count). The summed E-state index contributed by atoms with van der Waals surface area (Å²) in [6.07, 6.45) is 0. The molecule has 0 radical (unpaired) electrons. The minimum Gasteiger partial charge on any atom is -0.478 e. The molecule has 0 aliphatic carbocycles. The maximum Gasteiger partial charge on any atom is 0.335 e. The van der Waals surface area contributed by atoms with Crippen molar-refractivity contribution in [2.45, 2.75) is 6.04 Å². The van der Waals surface area contributed by atoms with Gasteiger partial charge in [0.15, 0.2) is 0 Å². The number of nitrogens with zero attached hydrogens (tertiary/aromatic N) is 2. The number of carboxylic acids is 1. The Morgan fingerprint density at radius 1 is 0.933 bits per heavy atom. The molecule has 2 aromatic carbocycles. The summed E-state index contributed by atoms with van der Waals surface area (Å²) in [7, 11) is 2.09. The van der Waals surface area contributed by atoms with Crippen LogP contribution in [0, 0.1) is 0 Å². The van der Waals surface area contributed by atoms with E-state index in [0.717, 1.165) is 31.7 Å². The van der Waals surface area contributed by atoms with E-state index in [1.54, 1.807) is 0 Å². The summed E-state index contributed by atoms with van der Waals surface area (Å²) in [4.78, 5) is 40.1. The molecule has 1 atom stereocenters. The van der Waals surface area contributed by atoms with Gasteiger partial charge in [-0.05, 0) is 36.9 Å². The molecule has 1 aliphatic heterocycles. The average molecular weight is 410 g/mol. The van der Waals surface area contributed by atoms with Gasteiger partial charge in [-0.25, -0.2) is 4.79 Å². The van der Waals surface area contributed by atoms with Crippen LogP contribution in [-0.2, 0) is 9.59 Å². The second-order valence-corrected chi connectivity index (χ2v) is 7.31. The maximum atomic E-state index is 12.3. The van der Waals surface area contributed by atoms with E-state index in [1.165, 1.54) is 24.3 Å². The zero-order chi connectivity index (χ0) is 21.5. The van der Waals surface area contributed by atoms with Crippen LogP contribution in [0.15, 0.2) is 54.6 Å². The molecule has 1 saturated heterocycles. The van der Waals surface area contributed by atoms with Gasteiger partial charge in [0.2, 0.25) is 0 Å². The van der Waals surface area contributed by atoms with Crippen LogP contribution < -0.4 is 10.6 Å². The van der Waals surface area contributed by atoms with E-state index < -0.39 is 17.8 Å². The lowest BCUT2D eigenvalue weighted by molar-refractivity contribution is -0.136. The molecule has 8 nitrogen and oxygen atoms in total. The molecule has 1 fully saturated rings. The van der Waals surface area contributed by atoms with Gasteiger partial charge < -0.3 is 20.6 Å². The first-order valence-corrected chi connectivity index (χ1v) is 9.84. The Balaban J connectivity index is 1.60. The Hall–Kier alpha value is -3.23. The van der Waals surface area contributed by atoms with Crippen LogP contribution in [0.4, 0.5) is 5.69 Å². The quantitative estimate of drug-likeness (QED) is 0.623. The number of nitrogens with one attached hydrogen (secondary N) is 2. The molecule has 0 aromatic heterocycles. The number of rotatable bonds is 6. The predicted molar refractivity (Wildman–Crippen MR) is 113 cm³/mol. The number of carbonyl (C=O) groups is 3. The Bertz CT molecular complexity index is 878. The van der Waals surface area contributed by atoms with E-state index in [0.29, 0.717) is 12.2 Å². The second-order valence-electron chi connectivity index (χ2n) is 7.31. The summed E-state index contributed by atoms with van der Waals surface area (Å²) in [5, 5.41) is 14.2. The monoisotopic (exact) mass is 410 g/mol. The molecular formula is C22H26N4O4. The van der Waals surface area contributed by atoms with E-state index in [4.69, 9.17) is 5.11 Å². The van der Waals surface area contributed by atoms with E-state index in [-0.39, 0.29) is 11.6 Å². The molecule has 2 amide bonds. The van der Waals surface area contributed by atoms with E-state index in [9.17, 15) is 14.4 Å². The number of carboxylic acid groups (broad SMARTS) is 1. The molecule has 1 heterocycles. The summed E-state index contributed by atoms with van der Waals surface area (Å²) in [6, 6.07) is 15.6. The van der Waals surface area contributed by atoms with Crippen LogP contribution >= 0.6 is 0 Å². The highest BCUT2D eigenvalue weighted by atomic mass is 16.4. The van der Waals surface area contributed by atoms with Crippen LogP contribution in [0.25, 0.3) is 0 Å². The molecule has 8 heteroatoms. The lowest BCUT2D eigenvalue weighted by Gasteiger charge is -2.38. The third kappa shape index (κ3) is 5.65. The Morgan fingerprint density at radius 3 is 2.17 bits per heavy atom. The fourth-order valence-electron chi connectivity index (χ4n) is 3.42. The topological polar surface area (TPSA) is 102 Å². The first-order chi connectivity index (χ1) is 14.4. The first-order valence-electron chi connectivity index (χ1n) is 9.84. The van der Waals surface area contributed by atoms with Crippen molar-refractivity contribution in [1.29, 1.82) is 0 Å². The Morgan fingerprint density at radius 2 is 1.57 bits per heavy atom. The normalized spacial score (nSPS) is 15.9. The molecule has 0 spiro atoms. The summed E-state index contributed by atoms with van der Waals surface area (Å²) in [5.74, 6) is -2.57. The van der Waals surface area contributed by atoms with E-state index >= 15 is 0 Å². The molecule has 0 saturated carbocycles. The average Bonchev–Trinajstić information content (AvgIpc) is 2.76. The molecule has 1 unspecified atom stereocenters. The zero-order valence-corrected chi connectivity index (χ0v) is 16.9. The van der Waals surface area contributed by atoms with Crippen LogP contribution in [0.3, 0.4) is 0 Å². The van der Waals surface area contributed by atoms with E-state index in [2.05, 4.69) is 27.5 Å². The lowest BCUT2D eigenvalue weighted by atomic mass is 10.0. The van der Waals surface area contributed by atoms with Crippen LogP contribution in [-0.4, -0.2) is 72.5 Å². The number of hydrogen-bond acceptors (Lipinski definition) is 5. The summed E-state index contributed by atoms with van der Waals surface area (Å²) in [5.41, 5.74) is 1.56. The smallest absolute Gasteiger partial charge is 0.335 e. The van der Waals surface area contributed by atoms with Crippen LogP contribution in [0.1, 0.15) is 22.0 Å². The molecule has 0 bridgehead atoms. The Labute approximate surface area is 175 Å². The van der Waals surface area contributed by atoms with Crippen molar-refractivity contribution in [3.8, 4) is 0 Å². The largest absolute Gasteiger partial charge is 0.478 e. The van der Waals surface area contributed by atoms with Gasteiger partial charge in [-0.1, -0.05) is 30.3 Å². The zero-order valence-electron chi connectivity index (χ0n) is 16.9. The van der Waals surface area contributed by atoms with Crippen molar-refractivity contribution in [3.05, 3.63) is 65.7 Å². The Kier molecular flexibility index (Phi) is 7.16. The molecule has 1 aliphatic rings. The maximum absolute atomic E-state index is 12.3. The lowest BCUT2D eigenvalue weighted by Crippen LogP contribution is -2.49. The fourth-order valence-corrected chi connectivity index (χ4v) is 3.42. The van der Waals surface area contributed by atoms with Gasteiger partial charge in [-0.15, -0.1) is 0 Å². The number of aromatic carboxylic acids is 1. The van der Waals surface area contributed by atoms with Crippen LogP contribution in [0.2, 0.25) is 0 Å². The van der Waals surface area contributed by atoms with Gasteiger partial charge in [-0.3, -0.25) is 14.5 Å². The van der Waals surface area contributed by atoms with Gasteiger partial charge in [0.05, 0.1) is 11.6 Å². The first kappa shape index (κ1) is 21.5. The number of benzene rings is 2. The van der Waals surface area contributed by atoms with Crippen molar-refractivity contribution in [2.24, 2.45) is 0 Å². The highest BCUT2D eigenvalue weighted by molar-refractivity contribution is 6.39. The van der Waals surface area contributed by atoms with Gasteiger partial charge in [0.25, 0.3) is 0 Å². The molecule has 2 aromatic rings. The third-order valence-corrected chi connectivity index (χ3v) is 5.21. The number of piperazine rings is 1. The summed E-state index contributed by atoms with van der Waals surface area (Å²) >= 11 is 0. The molecule has 3 N–H and O–H groups in total. The summed E-state index contributed by atoms with van der Waals surface area (Å²) < 4.78 is 0. The predicted octanol–water partition coefficient (Wildman–Crippen LogP) is 1.43. The highest BCUT2D eigenvalue weighted by Gasteiger charge is 2.25. The van der Waals surface area contributed by atoms with Crippen LogP contribution in [0.5, 0.6) is 0 Å². The van der Waals surface area contributed by atoms with Crippen molar-refractivity contribution in [1.82, 2.24) is 15.1 Å². The van der Waals surface area contributed by atoms with Crippen molar-refractivity contribution >= 4 is 23.5 Å². The molecule has 158 valence electrons.